The highest BCUT2D eigenvalue weighted by Gasteiger charge is 1.97. The molecular weight excluding hydrogens is 196 g/mol. The minimum atomic E-state index is 0.832. The lowest BCUT2D eigenvalue weighted by Gasteiger charge is -2.08. The topological polar surface area (TPSA) is 9.23 Å². The fraction of sp³-hybridized carbons (Fsp3) is 0.467. The second-order valence-corrected chi connectivity index (χ2v) is 3.57. The molecule has 0 atom stereocenters. The normalized spacial score (nSPS) is 12.6. The van der Waals surface area contributed by atoms with Crippen LogP contribution in [0.5, 0.6) is 0 Å². The van der Waals surface area contributed by atoms with Crippen molar-refractivity contribution >= 4 is 0 Å². The van der Waals surface area contributed by atoms with Gasteiger partial charge in [0.15, 0.2) is 0 Å². The molecule has 1 nitrogen and oxygen atoms in total. The van der Waals surface area contributed by atoms with Crippen LogP contribution < -0.4 is 0 Å². The average Bonchev–Trinajstić information content (AvgIpc) is 2.26. The second-order valence-electron chi connectivity index (χ2n) is 3.57. The summed E-state index contributed by atoms with van der Waals surface area (Å²) in [6.07, 6.45) is 14.2. The van der Waals surface area contributed by atoms with Crippen molar-refractivity contribution in [1.82, 2.24) is 0 Å². The predicted octanol–water partition coefficient (Wildman–Crippen LogP) is 5.13. The molecule has 90 valence electrons. The van der Waals surface area contributed by atoms with Crippen LogP contribution in [-0.2, 0) is 4.74 Å². The van der Waals surface area contributed by atoms with Crippen molar-refractivity contribution in [3.8, 4) is 0 Å². The number of allylic oxidation sites excluding steroid dienone is 6. The van der Waals surface area contributed by atoms with Gasteiger partial charge in [-0.05, 0) is 38.3 Å². The molecule has 0 aliphatic rings. The van der Waals surface area contributed by atoms with Gasteiger partial charge in [0.2, 0.25) is 0 Å². The van der Waals surface area contributed by atoms with E-state index in [1.54, 1.807) is 0 Å². The Labute approximate surface area is 100 Å². The van der Waals surface area contributed by atoms with Crippen LogP contribution >= 0.6 is 0 Å². The highest BCUT2D eigenvalue weighted by molar-refractivity contribution is 5.14. The van der Waals surface area contributed by atoms with E-state index in [9.17, 15) is 0 Å². The first-order chi connectivity index (χ1) is 7.74. The van der Waals surface area contributed by atoms with Crippen LogP contribution in [0, 0.1) is 0 Å². The van der Waals surface area contributed by atoms with Crippen molar-refractivity contribution in [3.05, 3.63) is 48.5 Å². The van der Waals surface area contributed by atoms with Crippen LogP contribution in [0.1, 0.15) is 46.5 Å². The number of hydrogen-bond acceptors (Lipinski definition) is 1. The molecule has 0 N–H and O–H groups in total. The molecule has 0 aliphatic carbocycles. The van der Waals surface area contributed by atoms with Crippen LogP contribution in [0.15, 0.2) is 48.5 Å². The van der Waals surface area contributed by atoms with E-state index in [0.29, 0.717) is 0 Å². The minimum Gasteiger partial charge on any atom is -0.463 e. The predicted molar refractivity (Wildman–Crippen MR) is 72.1 cm³/mol. The third-order valence-corrected chi connectivity index (χ3v) is 2.01. The molecule has 0 heterocycles. The van der Waals surface area contributed by atoms with Crippen molar-refractivity contribution in [2.75, 3.05) is 0 Å². The van der Waals surface area contributed by atoms with Crippen LogP contribution in [0.2, 0.25) is 0 Å². The molecular formula is C15H24O. The number of ether oxygens (including phenoxy) is 1. The van der Waals surface area contributed by atoms with E-state index in [1.807, 2.05) is 19.1 Å². The monoisotopic (exact) mass is 220 g/mol. The number of hydrogen-bond donors (Lipinski definition) is 0. The molecule has 1 heteroatoms. The molecule has 0 radical (unpaired) electrons. The Bertz CT molecular complexity index is 269. The van der Waals surface area contributed by atoms with E-state index >= 15 is 0 Å². The average molecular weight is 220 g/mol. The molecule has 0 rings (SSSR count). The van der Waals surface area contributed by atoms with E-state index in [4.69, 9.17) is 4.74 Å². The van der Waals surface area contributed by atoms with E-state index in [0.717, 1.165) is 37.2 Å². The fourth-order valence-electron chi connectivity index (χ4n) is 1.21. The highest BCUT2D eigenvalue weighted by Crippen LogP contribution is 2.13. The maximum atomic E-state index is 5.69. The van der Waals surface area contributed by atoms with Crippen LogP contribution in [0.3, 0.4) is 0 Å². The molecule has 0 bridgehead atoms. The minimum absolute atomic E-state index is 0.832. The Morgan fingerprint density at radius 1 is 1.19 bits per heavy atom. The Morgan fingerprint density at radius 3 is 2.50 bits per heavy atom. The highest BCUT2D eigenvalue weighted by atomic mass is 16.5. The molecule has 0 spiro atoms. The van der Waals surface area contributed by atoms with E-state index < -0.39 is 0 Å². The molecule has 0 saturated heterocycles. The molecule has 0 fully saturated rings. The van der Waals surface area contributed by atoms with Gasteiger partial charge in [-0.1, -0.05) is 38.7 Å². The van der Waals surface area contributed by atoms with Gasteiger partial charge in [0.25, 0.3) is 0 Å². The number of rotatable bonds is 8. The first-order valence-electron chi connectivity index (χ1n) is 6.08. The van der Waals surface area contributed by atoms with Gasteiger partial charge in [0.05, 0.1) is 5.76 Å². The van der Waals surface area contributed by atoms with E-state index in [2.05, 4.69) is 38.7 Å². The summed E-state index contributed by atoms with van der Waals surface area (Å²) >= 11 is 0. The Balaban J connectivity index is 4.13. The van der Waals surface area contributed by atoms with Crippen molar-refractivity contribution in [2.24, 2.45) is 0 Å². The summed E-state index contributed by atoms with van der Waals surface area (Å²) in [5, 5.41) is 0. The van der Waals surface area contributed by atoms with Gasteiger partial charge < -0.3 is 4.74 Å². The zero-order valence-corrected chi connectivity index (χ0v) is 10.8. The Morgan fingerprint density at radius 2 is 1.94 bits per heavy atom. The summed E-state index contributed by atoms with van der Waals surface area (Å²) in [5.41, 5.74) is 0. The summed E-state index contributed by atoms with van der Waals surface area (Å²) in [5.74, 6) is 1.74. The van der Waals surface area contributed by atoms with Crippen molar-refractivity contribution in [1.29, 1.82) is 0 Å². The molecule has 0 unspecified atom stereocenters. The van der Waals surface area contributed by atoms with E-state index in [1.165, 1.54) is 0 Å². The smallest absolute Gasteiger partial charge is 0.122 e. The summed E-state index contributed by atoms with van der Waals surface area (Å²) in [7, 11) is 0. The molecule has 16 heavy (non-hydrogen) atoms. The van der Waals surface area contributed by atoms with Gasteiger partial charge in [-0.15, -0.1) is 0 Å². The molecule has 0 saturated carbocycles. The molecule has 0 aliphatic heterocycles. The maximum absolute atomic E-state index is 5.69. The zero-order valence-electron chi connectivity index (χ0n) is 10.8. The fourth-order valence-corrected chi connectivity index (χ4v) is 1.21. The van der Waals surface area contributed by atoms with Crippen LogP contribution in [0.25, 0.3) is 0 Å². The van der Waals surface area contributed by atoms with Crippen molar-refractivity contribution < 1.29 is 4.74 Å². The molecule has 0 aromatic carbocycles. The molecule has 0 amide bonds. The SMILES string of the molecule is C=C(CC/C=C\C)OC(/C=C\CC)=C/CC. The quantitative estimate of drug-likeness (QED) is 0.313. The summed E-state index contributed by atoms with van der Waals surface area (Å²) in [4.78, 5) is 0. The van der Waals surface area contributed by atoms with Crippen molar-refractivity contribution in [3.63, 3.8) is 0 Å². The largest absolute Gasteiger partial charge is 0.463 e. The summed E-state index contributed by atoms with van der Waals surface area (Å²) in [6, 6.07) is 0. The van der Waals surface area contributed by atoms with Gasteiger partial charge in [0, 0.05) is 6.42 Å². The van der Waals surface area contributed by atoms with E-state index in [-0.39, 0.29) is 0 Å². The molecule has 0 aromatic rings. The third-order valence-electron chi connectivity index (χ3n) is 2.01. The lowest BCUT2D eigenvalue weighted by atomic mass is 10.2. The van der Waals surface area contributed by atoms with Gasteiger partial charge in [-0.2, -0.15) is 0 Å². The van der Waals surface area contributed by atoms with Gasteiger partial charge in [-0.25, -0.2) is 0 Å². The maximum Gasteiger partial charge on any atom is 0.122 e. The Hall–Kier alpha value is -1.24. The standard InChI is InChI=1S/C15H24O/c1-5-8-10-12-14(4)16-15(11-7-3)13-9-6-2/h5,8-9,11,13H,4,6-7,10,12H2,1-3H3/b8-5-,13-9-,15-11+. The van der Waals surface area contributed by atoms with Gasteiger partial charge in [-0.3, -0.25) is 0 Å². The van der Waals surface area contributed by atoms with Gasteiger partial charge in [0.1, 0.15) is 5.76 Å². The zero-order chi connectivity index (χ0) is 12.2. The van der Waals surface area contributed by atoms with Crippen LogP contribution in [0.4, 0.5) is 0 Å². The second kappa shape index (κ2) is 10.3. The van der Waals surface area contributed by atoms with Crippen molar-refractivity contribution in [2.45, 2.75) is 46.5 Å². The van der Waals surface area contributed by atoms with Gasteiger partial charge >= 0.3 is 0 Å². The van der Waals surface area contributed by atoms with Crippen LogP contribution in [-0.4, -0.2) is 0 Å². The summed E-state index contributed by atoms with van der Waals surface area (Å²) < 4.78 is 5.69. The first-order valence-corrected chi connectivity index (χ1v) is 6.08. The molecule has 0 aromatic heterocycles. The lowest BCUT2D eigenvalue weighted by molar-refractivity contribution is 0.306. The lowest BCUT2D eigenvalue weighted by Crippen LogP contribution is -1.90. The summed E-state index contributed by atoms with van der Waals surface area (Å²) in [6.45, 7) is 10.2. The third kappa shape index (κ3) is 8.10. The Kier molecular flexibility index (Phi) is 9.49. The first kappa shape index (κ1) is 14.8.